The first-order valence-corrected chi connectivity index (χ1v) is 16.6. The van der Waals surface area contributed by atoms with Gasteiger partial charge in [-0.15, -0.1) is 22.7 Å². The summed E-state index contributed by atoms with van der Waals surface area (Å²) in [7, 11) is 0. The number of hydrogen-bond acceptors (Lipinski definition) is 5. The molecule has 6 heteroatoms. The molecule has 212 valence electrons. The maximum absolute atomic E-state index is 6.58. The molecule has 9 aromatic rings. The minimum Gasteiger partial charge on any atom is -0.208 e. The summed E-state index contributed by atoms with van der Waals surface area (Å²) in [6.45, 7) is 0. The lowest BCUT2D eigenvalue weighted by atomic mass is 9.98. The van der Waals surface area contributed by atoms with Gasteiger partial charge in [0.05, 0.1) is 0 Å². The fraction of sp³-hybridized carbons (Fsp3) is 0. The van der Waals surface area contributed by atoms with Gasteiger partial charge in [0, 0.05) is 51.5 Å². The highest BCUT2D eigenvalue weighted by molar-refractivity contribution is 7.26. The lowest BCUT2D eigenvalue weighted by molar-refractivity contribution is 1.07. The van der Waals surface area contributed by atoms with E-state index in [4.69, 9.17) is 16.6 Å². The maximum atomic E-state index is 6.58. The first-order valence-electron chi connectivity index (χ1n) is 14.6. The highest BCUT2D eigenvalue weighted by Gasteiger charge is 2.17. The smallest absolute Gasteiger partial charge is 0.208 e. The van der Waals surface area contributed by atoms with Gasteiger partial charge in [0.25, 0.3) is 0 Å². The minimum atomic E-state index is 0.183. The molecule has 9 rings (SSSR count). The van der Waals surface area contributed by atoms with E-state index in [9.17, 15) is 0 Å². The molecule has 0 saturated heterocycles. The van der Waals surface area contributed by atoms with Gasteiger partial charge < -0.3 is 0 Å². The third kappa shape index (κ3) is 4.59. The van der Waals surface area contributed by atoms with Gasteiger partial charge in [-0.3, -0.25) is 0 Å². The zero-order valence-electron chi connectivity index (χ0n) is 23.7. The van der Waals surface area contributed by atoms with Crippen LogP contribution in [0.1, 0.15) is 0 Å². The van der Waals surface area contributed by atoms with E-state index in [0.29, 0.717) is 11.6 Å². The molecule has 0 N–H and O–H groups in total. The van der Waals surface area contributed by atoms with Gasteiger partial charge in [-0.05, 0) is 64.2 Å². The third-order valence-corrected chi connectivity index (χ3v) is 10.7. The Hall–Kier alpha value is -4.94. The summed E-state index contributed by atoms with van der Waals surface area (Å²) in [6, 6.07) is 47.2. The number of thiophene rings is 2. The van der Waals surface area contributed by atoms with Crippen LogP contribution in [0.15, 0.2) is 133 Å². The molecule has 0 spiro atoms. The van der Waals surface area contributed by atoms with Crippen molar-refractivity contribution in [1.82, 2.24) is 15.0 Å². The molecule has 0 aliphatic rings. The summed E-state index contributed by atoms with van der Waals surface area (Å²) < 4.78 is 4.87. The summed E-state index contributed by atoms with van der Waals surface area (Å²) >= 11 is 10.1. The molecule has 0 radical (unpaired) electrons. The van der Waals surface area contributed by atoms with Crippen molar-refractivity contribution in [2.24, 2.45) is 0 Å². The summed E-state index contributed by atoms with van der Waals surface area (Å²) in [5.41, 5.74) is 6.63. The van der Waals surface area contributed by atoms with Crippen LogP contribution in [0, 0.1) is 0 Å². The Morgan fingerprint density at radius 2 is 1.02 bits per heavy atom. The Labute approximate surface area is 272 Å². The van der Waals surface area contributed by atoms with Gasteiger partial charge in [-0.2, -0.15) is 9.97 Å². The Morgan fingerprint density at radius 3 is 1.89 bits per heavy atom. The van der Waals surface area contributed by atoms with E-state index in [0.717, 1.165) is 16.5 Å². The molecule has 3 nitrogen and oxygen atoms in total. The lowest BCUT2D eigenvalue weighted by Gasteiger charge is -2.08. The van der Waals surface area contributed by atoms with Crippen LogP contribution in [0.5, 0.6) is 0 Å². The molecule has 0 fully saturated rings. The van der Waals surface area contributed by atoms with E-state index < -0.39 is 0 Å². The summed E-state index contributed by atoms with van der Waals surface area (Å²) in [6.07, 6.45) is 0. The van der Waals surface area contributed by atoms with Gasteiger partial charge in [0.1, 0.15) is 0 Å². The maximum Gasteiger partial charge on any atom is 0.226 e. The molecule has 3 aromatic heterocycles. The first kappa shape index (κ1) is 26.5. The van der Waals surface area contributed by atoms with Crippen LogP contribution in [-0.2, 0) is 0 Å². The predicted molar refractivity (Wildman–Crippen MR) is 192 cm³/mol. The Bertz CT molecular complexity index is 2550. The van der Waals surface area contributed by atoms with Crippen LogP contribution in [0.2, 0.25) is 5.28 Å². The normalized spacial score (nSPS) is 11.7. The average Bonchev–Trinajstić information content (AvgIpc) is 3.66. The van der Waals surface area contributed by atoms with E-state index in [-0.39, 0.29) is 5.28 Å². The van der Waals surface area contributed by atoms with Crippen molar-refractivity contribution in [3.05, 3.63) is 139 Å². The molecule has 0 saturated carbocycles. The second-order valence-corrected chi connectivity index (χ2v) is 13.5. The second-order valence-electron chi connectivity index (χ2n) is 11.0. The van der Waals surface area contributed by atoms with E-state index in [1.54, 1.807) is 22.7 Å². The van der Waals surface area contributed by atoms with E-state index >= 15 is 0 Å². The second kappa shape index (κ2) is 10.6. The van der Waals surface area contributed by atoms with Crippen molar-refractivity contribution >= 4 is 74.6 Å². The van der Waals surface area contributed by atoms with Crippen molar-refractivity contribution in [3.8, 4) is 45.0 Å². The number of nitrogens with zero attached hydrogens (tertiary/aromatic N) is 3. The third-order valence-electron chi connectivity index (χ3n) is 8.31. The topological polar surface area (TPSA) is 38.7 Å². The molecule has 0 amide bonds. The van der Waals surface area contributed by atoms with Crippen molar-refractivity contribution in [2.75, 3.05) is 0 Å². The molecule has 0 aliphatic heterocycles. The van der Waals surface area contributed by atoms with Crippen molar-refractivity contribution in [2.45, 2.75) is 0 Å². The van der Waals surface area contributed by atoms with E-state index in [1.807, 2.05) is 6.07 Å². The van der Waals surface area contributed by atoms with Gasteiger partial charge in [0.15, 0.2) is 11.6 Å². The van der Waals surface area contributed by atoms with Crippen LogP contribution in [-0.4, -0.2) is 15.0 Å². The van der Waals surface area contributed by atoms with Gasteiger partial charge in [-0.1, -0.05) is 103 Å². The van der Waals surface area contributed by atoms with Crippen molar-refractivity contribution in [1.29, 1.82) is 0 Å². The highest BCUT2D eigenvalue weighted by Crippen LogP contribution is 2.42. The molecular formula is C39H22ClN3S2. The highest BCUT2D eigenvalue weighted by atomic mass is 35.5. The van der Waals surface area contributed by atoms with E-state index in [1.165, 1.54) is 57.2 Å². The zero-order valence-corrected chi connectivity index (χ0v) is 26.1. The molecule has 45 heavy (non-hydrogen) atoms. The van der Waals surface area contributed by atoms with Crippen LogP contribution >= 0.6 is 34.3 Å². The molecular weight excluding hydrogens is 610 g/mol. The number of aromatic nitrogens is 3. The quantitative estimate of drug-likeness (QED) is 0.194. The van der Waals surface area contributed by atoms with E-state index in [2.05, 4.69) is 137 Å². The summed E-state index contributed by atoms with van der Waals surface area (Å²) in [5, 5.41) is 5.00. The fourth-order valence-corrected chi connectivity index (χ4v) is 8.56. The molecule has 3 heterocycles. The van der Waals surface area contributed by atoms with Crippen molar-refractivity contribution < 1.29 is 0 Å². The lowest BCUT2D eigenvalue weighted by Crippen LogP contribution is -1.97. The van der Waals surface area contributed by atoms with Gasteiger partial charge in [0.2, 0.25) is 5.28 Å². The number of fused-ring (bicyclic) bond motifs is 6. The number of rotatable bonds is 4. The van der Waals surface area contributed by atoms with Crippen LogP contribution in [0.3, 0.4) is 0 Å². The fourth-order valence-electron chi connectivity index (χ4n) is 6.14. The summed E-state index contributed by atoms with van der Waals surface area (Å²) in [4.78, 5) is 14.2. The predicted octanol–water partition coefficient (Wildman–Crippen LogP) is 11.9. The monoisotopic (exact) mass is 631 g/mol. The zero-order chi connectivity index (χ0) is 29.9. The Kier molecular flexibility index (Phi) is 6.23. The Morgan fingerprint density at radius 1 is 0.400 bits per heavy atom. The summed E-state index contributed by atoms with van der Waals surface area (Å²) in [5.74, 6) is 1.14. The minimum absolute atomic E-state index is 0.183. The number of hydrogen-bond donors (Lipinski definition) is 0. The van der Waals surface area contributed by atoms with Crippen LogP contribution in [0.25, 0.3) is 85.4 Å². The molecule has 0 atom stereocenters. The Balaban J connectivity index is 1.15. The number of halogens is 1. The molecule has 0 bridgehead atoms. The van der Waals surface area contributed by atoms with Gasteiger partial charge in [-0.25, -0.2) is 4.98 Å². The molecule has 0 unspecified atom stereocenters. The first-order chi connectivity index (χ1) is 22.2. The van der Waals surface area contributed by atoms with Crippen LogP contribution in [0.4, 0.5) is 0 Å². The van der Waals surface area contributed by atoms with Gasteiger partial charge >= 0.3 is 0 Å². The van der Waals surface area contributed by atoms with Crippen molar-refractivity contribution in [3.63, 3.8) is 0 Å². The SMILES string of the molecule is Clc1nc(-c2ccc3c(c2)sc2ccccc23)nc(-c2cccc3sc4ccc(-c5ccc(-c6ccccc6)cc5)cc4c23)n1. The molecule has 0 aliphatic carbocycles. The average molecular weight is 632 g/mol. The standard InChI is InChI=1S/C39H22ClN3S2/c40-39-42-37(27-17-19-29-28-9-4-5-11-32(28)45-35(29)22-27)41-38(43-39)30-10-6-12-34-36(30)31-21-26(18-20-33(31)44-34)25-15-13-24(14-16-25)23-7-2-1-3-8-23/h1-22H. The molecule has 6 aromatic carbocycles. The number of benzene rings is 6. The largest absolute Gasteiger partial charge is 0.226 e. The van der Waals surface area contributed by atoms with Crippen LogP contribution < -0.4 is 0 Å².